The van der Waals surface area contributed by atoms with E-state index >= 15 is 0 Å². The molecule has 2 rings (SSSR count). The van der Waals surface area contributed by atoms with E-state index in [2.05, 4.69) is 0 Å². The first kappa shape index (κ1) is 8.05. The number of rotatable bonds is 2. The van der Waals surface area contributed by atoms with Crippen LogP contribution >= 0.6 is 0 Å². The summed E-state index contributed by atoms with van der Waals surface area (Å²) in [6.45, 7) is 3.59. The van der Waals surface area contributed by atoms with Crippen molar-refractivity contribution < 1.29 is 4.79 Å². The van der Waals surface area contributed by atoms with Gasteiger partial charge in [-0.05, 0) is 18.8 Å². The molecule has 1 unspecified atom stereocenters. The minimum absolute atomic E-state index is 0.236. The summed E-state index contributed by atoms with van der Waals surface area (Å²) in [7, 11) is 0. The minimum atomic E-state index is 0.236. The smallest absolute Gasteiger partial charge is 0.225 e. The van der Waals surface area contributed by atoms with E-state index in [9.17, 15) is 4.79 Å². The van der Waals surface area contributed by atoms with Gasteiger partial charge < -0.3 is 10.6 Å². The molecular formula is C9H16N2O. The molecule has 2 fully saturated rings. The molecule has 0 spiro atoms. The molecule has 3 heteroatoms. The van der Waals surface area contributed by atoms with E-state index in [0.717, 1.165) is 13.1 Å². The Balaban J connectivity index is 1.83. The van der Waals surface area contributed by atoms with Crippen molar-refractivity contribution in [1.29, 1.82) is 0 Å². The van der Waals surface area contributed by atoms with Crippen LogP contribution in [0.1, 0.15) is 19.8 Å². The van der Waals surface area contributed by atoms with Gasteiger partial charge in [-0.25, -0.2) is 0 Å². The molecule has 68 valence electrons. The molecule has 0 aromatic rings. The van der Waals surface area contributed by atoms with E-state index in [1.807, 2.05) is 11.8 Å². The van der Waals surface area contributed by atoms with E-state index in [4.69, 9.17) is 5.73 Å². The fraction of sp³-hybridized carbons (Fsp3) is 0.889. The lowest BCUT2D eigenvalue weighted by Crippen LogP contribution is -2.59. The average Bonchev–Trinajstić information content (AvgIpc) is 2.78. The Bertz CT molecular complexity index is 195. The molecule has 1 atom stereocenters. The molecule has 1 aliphatic heterocycles. The first-order valence-corrected chi connectivity index (χ1v) is 4.73. The predicted molar refractivity (Wildman–Crippen MR) is 46.4 cm³/mol. The zero-order valence-electron chi connectivity index (χ0n) is 7.49. The number of hydrogen-bond donors (Lipinski definition) is 1. The lowest BCUT2D eigenvalue weighted by atomic mass is 10.0. The van der Waals surface area contributed by atoms with Gasteiger partial charge in [0.1, 0.15) is 0 Å². The molecule has 1 heterocycles. The number of hydrogen-bond acceptors (Lipinski definition) is 2. The highest BCUT2D eigenvalue weighted by Crippen LogP contribution is 2.37. The molecule has 1 saturated carbocycles. The third-order valence-electron chi connectivity index (χ3n) is 2.94. The fourth-order valence-electron chi connectivity index (χ4n) is 1.78. The molecule has 12 heavy (non-hydrogen) atoms. The van der Waals surface area contributed by atoms with Crippen LogP contribution in [0.15, 0.2) is 0 Å². The van der Waals surface area contributed by atoms with Crippen LogP contribution < -0.4 is 5.73 Å². The normalized spacial score (nSPS) is 26.7. The highest BCUT2D eigenvalue weighted by atomic mass is 16.2. The quantitative estimate of drug-likeness (QED) is 0.640. The van der Waals surface area contributed by atoms with E-state index in [1.165, 1.54) is 12.8 Å². The fourth-order valence-corrected chi connectivity index (χ4v) is 1.78. The molecule has 0 radical (unpaired) electrons. The summed E-state index contributed by atoms with van der Waals surface area (Å²) in [5.74, 6) is 1.24. The molecule has 1 saturated heterocycles. The highest BCUT2D eigenvalue weighted by Gasteiger charge is 2.38. The standard InChI is InChI=1S/C9H16N2O/c1-6(7-2-3-7)9(12)11-4-8(10)5-11/h6-8H,2-5,10H2,1H3. The van der Waals surface area contributed by atoms with E-state index in [0.29, 0.717) is 11.8 Å². The van der Waals surface area contributed by atoms with Gasteiger partial charge in [-0.1, -0.05) is 6.92 Å². The first-order valence-electron chi connectivity index (χ1n) is 4.73. The molecule has 2 aliphatic rings. The summed E-state index contributed by atoms with van der Waals surface area (Å²) in [6.07, 6.45) is 2.49. The Morgan fingerprint density at radius 1 is 1.50 bits per heavy atom. The van der Waals surface area contributed by atoms with E-state index in [-0.39, 0.29) is 12.0 Å². The van der Waals surface area contributed by atoms with Crippen LogP contribution in [0.4, 0.5) is 0 Å². The van der Waals surface area contributed by atoms with Crippen molar-refractivity contribution in [2.75, 3.05) is 13.1 Å². The zero-order valence-corrected chi connectivity index (χ0v) is 7.49. The van der Waals surface area contributed by atoms with Crippen molar-refractivity contribution in [1.82, 2.24) is 4.90 Å². The van der Waals surface area contributed by atoms with Crippen LogP contribution in [0.3, 0.4) is 0 Å². The van der Waals surface area contributed by atoms with Gasteiger partial charge in [0.2, 0.25) is 5.91 Å². The van der Waals surface area contributed by atoms with Crippen molar-refractivity contribution in [2.45, 2.75) is 25.8 Å². The molecule has 2 N–H and O–H groups in total. The summed E-state index contributed by atoms with van der Waals surface area (Å²) in [5, 5.41) is 0. The summed E-state index contributed by atoms with van der Waals surface area (Å²) < 4.78 is 0. The minimum Gasteiger partial charge on any atom is -0.339 e. The van der Waals surface area contributed by atoms with Gasteiger partial charge in [-0.2, -0.15) is 0 Å². The molecule has 1 aliphatic carbocycles. The number of amides is 1. The summed E-state index contributed by atoms with van der Waals surface area (Å²) >= 11 is 0. The van der Waals surface area contributed by atoms with Gasteiger partial charge in [0.05, 0.1) is 0 Å². The number of carbonyl (C=O) groups excluding carboxylic acids is 1. The Morgan fingerprint density at radius 3 is 2.50 bits per heavy atom. The molecule has 0 aromatic carbocycles. The summed E-state index contributed by atoms with van der Waals surface area (Å²) in [6, 6.07) is 0.236. The molecule has 0 aromatic heterocycles. The monoisotopic (exact) mass is 168 g/mol. The highest BCUT2D eigenvalue weighted by molar-refractivity contribution is 5.80. The van der Waals surface area contributed by atoms with Crippen molar-refractivity contribution in [2.24, 2.45) is 17.6 Å². The van der Waals surface area contributed by atoms with Crippen molar-refractivity contribution in [3.63, 3.8) is 0 Å². The number of nitrogens with zero attached hydrogens (tertiary/aromatic N) is 1. The van der Waals surface area contributed by atoms with Gasteiger partial charge in [0, 0.05) is 25.0 Å². The third kappa shape index (κ3) is 1.33. The van der Waals surface area contributed by atoms with E-state index in [1.54, 1.807) is 0 Å². The van der Waals surface area contributed by atoms with Crippen molar-refractivity contribution >= 4 is 5.91 Å². The zero-order chi connectivity index (χ0) is 8.72. The second-order valence-corrected chi connectivity index (χ2v) is 4.13. The topological polar surface area (TPSA) is 46.3 Å². The second-order valence-electron chi connectivity index (χ2n) is 4.13. The maximum atomic E-state index is 11.6. The Hall–Kier alpha value is -0.570. The van der Waals surface area contributed by atoms with E-state index < -0.39 is 0 Å². The van der Waals surface area contributed by atoms with Gasteiger partial charge in [-0.15, -0.1) is 0 Å². The molecule has 1 amide bonds. The average molecular weight is 168 g/mol. The van der Waals surface area contributed by atoms with Crippen LogP contribution in [-0.2, 0) is 4.79 Å². The van der Waals surface area contributed by atoms with Crippen LogP contribution in [-0.4, -0.2) is 29.9 Å². The number of carbonyl (C=O) groups is 1. The second kappa shape index (κ2) is 2.73. The van der Waals surface area contributed by atoms with Crippen LogP contribution in [0.2, 0.25) is 0 Å². The maximum absolute atomic E-state index is 11.6. The Morgan fingerprint density at radius 2 is 2.08 bits per heavy atom. The number of nitrogens with two attached hydrogens (primary N) is 1. The largest absolute Gasteiger partial charge is 0.339 e. The lowest BCUT2D eigenvalue weighted by molar-refractivity contribution is -0.140. The predicted octanol–water partition coefficient (Wildman–Crippen LogP) is 0.202. The molecule has 0 bridgehead atoms. The molecular weight excluding hydrogens is 152 g/mol. The number of likely N-dealkylation sites (tertiary alicyclic amines) is 1. The van der Waals surface area contributed by atoms with Crippen LogP contribution in [0.5, 0.6) is 0 Å². The third-order valence-corrected chi connectivity index (χ3v) is 2.94. The van der Waals surface area contributed by atoms with Crippen LogP contribution in [0.25, 0.3) is 0 Å². The van der Waals surface area contributed by atoms with Gasteiger partial charge in [0.25, 0.3) is 0 Å². The SMILES string of the molecule is CC(C(=O)N1CC(N)C1)C1CC1. The summed E-state index contributed by atoms with van der Waals surface area (Å²) in [5.41, 5.74) is 5.60. The van der Waals surface area contributed by atoms with Gasteiger partial charge >= 0.3 is 0 Å². The van der Waals surface area contributed by atoms with Crippen LogP contribution in [0, 0.1) is 11.8 Å². The first-order chi connectivity index (χ1) is 5.68. The Kier molecular flexibility index (Phi) is 1.83. The lowest BCUT2D eigenvalue weighted by Gasteiger charge is -2.38. The Labute approximate surface area is 72.9 Å². The molecule has 3 nitrogen and oxygen atoms in total. The van der Waals surface area contributed by atoms with Gasteiger partial charge in [-0.3, -0.25) is 4.79 Å². The maximum Gasteiger partial charge on any atom is 0.225 e. The summed E-state index contributed by atoms with van der Waals surface area (Å²) in [4.78, 5) is 13.5. The van der Waals surface area contributed by atoms with Crippen molar-refractivity contribution in [3.8, 4) is 0 Å². The van der Waals surface area contributed by atoms with Gasteiger partial charge in [0.15, 0.2) is 0 Å². The van der Waals surface area contributed by atoms with Crippen molar-refractivity contribution in [3.05, 3.63) is 0 Å².